The minimum Gasteiger partial charge on any atom is -0.507 e. The Morgan fingerprint density at radius 2 is 1.68 bits per heavy atom. The molecule has 0 saturated carbocycles. The molecule has 8 heteroatoms. The van der Waals surface area contributed by atoms with Crippen LogP contribution in [0, 0.1) is 0 Å². The number of aliphatic hydroxyl groups excluding tert-OH is 1. The van der Waals surface area contributed by atoms with Crippen molar-refractivity contribution in [1.82, 2.24) is 0 Å². The molecule has 144 valence electrons. The van der Waals surface area contributed by atoms with E-state index in [4.69, 9.17) is 10.8 Å². The van der Waals surface area contributed by atoms with Crippen LogP contribution in [-0.2, 0) is 17.6 Å². The van der Waals surface area contributed by atoms with Crippen LogP contribution in [0.1, 0.15) is 49.4 Å². The molecule has 1 atom stereocenters. The summed E-state index contributed by atoms with van der Waals surface area (Å²) in [5.41, 5.74) is 3.48. The molecule has 0 aliphatic heterocycles. The van der Waals surface area contributed by atoms with Gasteiger partial charge in [-0.1, -0.05) is 12.1 Å². The SMILES string of the molecule is Nc1cccc2c1C(=O)c1c(O)c3c(c(O)c1C2=O)C[C@](O)(C(=O)CO)CC3. The molecule has 28 heavy (non-hydrogen) atoms. The number of aromatic hydroxyl groups is 2. The lowest BCUT2D eigenvalue weighted by molar-refractivity contribution is -0.141. The maximum absolute atomic E-state index is 13.0. The maximum Gasteiger partial charge on any atom is 0.200 e. The van der Waals surface area contributed by atoms with Crippen LogP contribution in [-0.4, -0.2) is 50.0 Å². The highest BCUT2D eigenvalue weighted by molar-refractivity contribution is 6.32. The van der Waals surface area contributed by atoms with Crippen LogP contribution in [0.5, 0.6) is 11.5 Å². The van der Waals surface area contributed by atoms with Gasteiger partial charge in [-0.25, -0.2) is 0 Å². The fourth-order valence-electron chi connectivity index (χ4n) is 4.10. The molecular formula is C20H17NO7. The third-order valence-corrected chi connectivity index (χ3v) is 5.60. The zero-order valence-corrected chi connectivity index (χ0v) is 14.7. The first kappa shape index (κ1) is 18.1. The lowest BCUT2D eigenvalue weighted by atomic mass is 9.73. The minimum atomic E-state index is -1.93. The largest absolute Gasteiger partial charge is 0.507 e. The normalized spacial score (nSPS) is 20.4. The third-order valence-electron chi connectivity index (χ3n) is 5.60. The lowest BCUT2D eigenvalue weighted by Crippen LogP contribution is -2.45. The van der Waals surface area contributed by atoms with Crippen molar-refractivity contribution < 1.29 is 34.8 Å². The summed E-state index contributed by atoms with van der Waals surface area (Å²) in [7, 11) is 0. The van der Waals surface area contributed by atoms with Crippen molar-refractivity contribution in [3.63, 3.8) is 0 Å². The molecule has 0 aromatic heterocycles. The number of aliphatic hydroxyl groups is 2. The Hall–Kier alpha value is -3.23. The average molecular weight is 383 g/mol. The second-order valence-corrected chi connectivity index (χ2v) is 7.12. The second kappa shape index (κ2) is 5.88. The molecule has 0 radical (unpaired) electrons. The van der Waals surface area contributed by atoms with Crippen LogP contribution in [0.2, 0.25) is 0 Å². The van der Waals surface area contributed by atoms with Crippen LogP contribution in [0.4, 0.5) is 5.69 Å². The number of phenols is 2. The van der Waals surface area contributed by atoms with E-state index in [1.54, 1.807) is 0 Å². The maximum atomic E-state index is 13.0. The predicted molar refractivity (Wildman–Crippen MR) is 96.6 cm³/mol. The molecule has 2 aromatic rings. The van der Waals surface area contributed by atoms with Crippen LogP contribution < -0.4 is 5.73 Å². The highest BCUT2D eigenvalue weighted by Crippen LogP contribution is 2.47. The fourth-order valence-corrected chi connectivity index (χ4v) is 4.10. The third kappa shape index (κ3) is 2.22. The molecule has 0 bridgehead atoms. The van der Waals surface area contributed by atoms with Crippen molar-refractivity contribution >= 4 is 23.0 Å². The second-order valence-electron chi connectivity index (χ2n) is 7.12. The number of nitrogen functional groups attached to an aromatic ring is 1. The number of phenolic OH excluding ortho intramolecular Hbond substituents is 2. The topological polar surface area (TPSA) is 158 Å². The molecule has 0 unspecified atom stereocenters. The highest BCUT2D eigenvalue weighted by Gasteiger charge is 2.44. The van der Waals surface area contributed by atoms with E-state index in [0.717, 1.165) is 0 Å². The summed E-state index contributed by atoms with van der Waals surface area (Å²) in [4.78, 5) is 37.9. The van der Waals surface area contributed by atoms with Gasteiger partial charge in [-0.05, 0) is 18.9 Å². The van der Waals surface area contributed by atoms with Crippen LogP contribution in [0.15, 0.2) is 18.2 Å². The molecule has 0 fully saturated rings. The molecule has 4 rings (SSSR count). The lowest BCUT2D eigenvalue weighted by Gasteiger charge is -2.34. The number of fused-ring (bicyclic) bond motifs is 3. The molecule has 0 heterocycles. The van der Waals surface area contributed by atoms with Crippen molar-refractivity contribution in [1.29, 1.82) is 0 Å². The number of hydrogen-bond acceptors (Lipinski definition) is 8. The fraction of sp³-hybridized carbons (Fsp3) is 0.250. The van der Waals surface area contributed by atoms with Gasteiger partial charge in [0.05, 0.1) is 16.7 Å². The summed E-state index contributed by atoms with van der Waals surface area (Å²) >= 11 is 0. The predicted octanol–water partition coefficient (Wildman–Crippen LogP) is 0.237. The van der Waals surface area contributed by atoms with Crippen LogP contribution in [0.3, 0.4) is 0 Å². The number of benzene rings is 2. The number of hydrogen-bond donors (Lipinski definition) is 5. The molecule has 0 amide bonds. The number of ketones is 3. The van der Waals surface area contributed by atoms with Gasteiger partial charge in [-0.3, -0.25) is 14.4 Å². The van der Waals surface area contributed by atoms with E-state index in [2.05, 4.69) is 0 Å². The number of anilines is 1. The highest BCUT2D eigenvalue weighted by atomic mass is 16.3. The van der Waals surface area contributed by atoms with Gasteiger partial charge >= 0.3 is 0 Å². The smallest absolute Gasteiger partial charge is 0.200 e. The zero-order valence-electron chi connectivity index (χ0n) is 14.7. The number of carbonyl (C=O) groups excluding carboxylic acids is 3. The van der Waals surface area contributed by atoms with Gasteiger partial charge in [0.1, 0.15) is 23.7 Å². The summed E-state index contributed by atoms with van der Waals surface area (Å²) in [6.07, 6.45) is -0.519. The van der Waals surface area contributed by atoms with Crippen LogP contribution in [0.25, 0.3) is 0 Å². The van der Waals surface area contributed by atoms with Gasteiger partial charge < -0.3 is 26.2 Å². The van der Waals surface area contributed by atoms with Crippen molar-refractivity contribution in [2.24, 2.45) is 0 Å². The van der Waals surface area contributed by atoms with E-state index in [1.807, 2.05) is 0 Å². The number of rotatable bonds is 2. The molecule has 2 aromatic carbocycles. The summed E-state index contributed by atoms with van der Waals surface area (Å²) in [5, 5.41) is 41.2. The Kier molecular flexibility index (Phi) is 3.81. The summed E-state index contributed by atoms with van der Waals surface area (Å²) in [6.45, 7) is -0.881. The van der Waals surface area contributed by atoms with E-state index < -0.39 is 41.1 Å². The molecule has 0 spiro atoms. The van der Waals surface area contributed by atoms with Crippen molar-refractivity contribution in [2.45, 2.75) is 24.9 Å². The molecule has 0 saturated heterocycles. The van der Waals surface area contributed by atoms with Gasteiger partial charge in [0.2, 0.25) is 0 Å². The Bertz CT molecular complexity index is 1090. The van der Waals surface area contributed by atoms with Crippen molar-refractivity contribution in [3.05, 3.63) is 51.6 Å². The summed E-state index contributed by atoms with van der Waals surface area (Å²) in [6, 6.07) is 4.36. The van der Waals surface area contributed by atoms with Crippen molar-refractivity contribution in [3.8, 4) is 11.5 Å². The molecule has 8 nitrogen and oxygen atoms in total. The molecule has 2 aliphatic carbocycles. The molecule has 6 N–H and O–H groups in total. The summed E-state index contributed by atoms with van der Waals surface area (Å²) < 4.78 is 0. The minimum absolute atomic E-state index is 0.00431. The molecule has 2 aliphatic rings. The Labute approximate surface area is 158 Å². The summed E-state index contributed by atoms with van der Waals surface area (Å²) in [5.74, 6) is -3.21. The van der Waals surface area contributed by atoms with Crippen LogP contribution >= 0.6 is 0 Å². The van der Waals surface area contributed by atoms with Gasteiger partial charge in [0, 0.05) is 28.8 Å². The van der Waals surface area contributed by atoms with E-state index >= 15 is 0 Å². The van der Waals surface area contributed by atoms with E-state index in [9.17, 15) is 29.7 Å². The molecular weight excluding hydrogens is 366 g/mol. The van der Waals surface area contributed by atoms with Gasteiger partial charge in [0.15, 0.2) is 17.3 Å². The van der Waals surface area contributed by atoms with E-state index in [0.29, 0.717) is 0 Å². The first-order valence-electron chi connectivity index (χ1n) is 8.65. The first-order valence-corrected chi connectivity index (χ1v) is 8.65. The number of Topliss-reactive ketones (excluding diaryl/α,β-unsaturated/α-hetero) is 1. The monoisotopic (exact) mass is 383 g/mol. The standard InChI is InChI=1S/C20H17NO7/c21-11-3-1-2-9-13(11)19(27)15-14(17(9)25)18(26)10-6-20(28,12(23)7-22)5-4-8(10)16(15)24/h1-3,22,24,26,28H,4-7,21H2/t20-/m0/s1. The quantitative estimate of drug-likeness (QED) is 0.311. The van der Waals surface area contributed by atoms with E-state index in [1.165, 1.54) is 18.2 Å². The zero-order chi connectivity index (χ0) is 20.4. The van der Waals surface area contributed by atoms with Gasteiger partial charge in [-0.2, -0.15) is 0 Å². The Balaban J connectivity index is 1.97. The van der Waals surface area contributed by atoms with Crippen molar-refractivity contribution in [2.75, 3.05) is 12.3 Å². The Morgan fingerprint density at radius 3 is 2.36 bits per heavy atom. The van der Waals surface area contributed by atoms with Gasteiger partial charge in [-0.15, -0.1) is 0 Å². The van der Waals surface area contributed by atoms with E-state index in [-0.39, 0.29) is 58.3 Å². The number of carbonyl (C=O) groups is 3. The first-order chi connectivity index (χ1) is 13.2. The average Bonchev–Trinajstić information content (AvgIpc) is 2.67. The van der Waals surface area contributed by atoms with Gasteiger partial charge in [0.25, 0.3) is 0 Å². The Morgan fingerprint density at radius 1 is 1.04 bits per heavy atom. The number of nitrogens with two attached hydrogens (primary N) is 1.